The minimum absolute atomic E-state index is 0.180. The molecule has 1 N–H and O–H groups in total. The number of carbonyl (C=O) groups excluding carboxylic acids is 2. The van der Waals surface area contributed by atoms with Crippen molar-refractivity contribution in [2.75, 3.05) is 7.11 Å². The van der Waals surface area contributed by atoms with Crippen LogP contribution in [0.2, 0.25) is 5.02 Å². The summed E-state index contributed by atoms with van der Waals surface area (Å²) in [6.45, 7) is 0. The zero-order valence-electron chi connectivity index (χ0n) is 12.8. The Bertz CT molecular complexity index is 656. The molecule has 0 unspecified atom stereocenters. The van der Waals surface area contributed by atoms with Crippen molar-refractivity contribution in [3.63, 3.8) is 0 Å². The molecule has 0 bridgehead atoms. The first-order valence-electron chi connectivity index (χ1n) is 7.24. The standard InChI is InChI=1S/C18H18ClNO3/c1-23-18(22)16(11-13-5-3-2-4-6-13)20-17(21)12-14-7-9-15(19)10-8-14/h2-10,16H,11-12H2,1H3,(H,20,21)/t16-/m0/s1. The van der Waals surface area contributed by atoms with Gasteiger partial charge in [-0.05, 0) is 23.3 Å². The molecule has 0 radical (unpaired) electrons. The summed E-state index contributed by atoms with van der Waals surface area (Å²) in [5, 5.41) is 3.35. The molecule has 1 amide bonds. The molecule has 4 nitrogen and oxygen atoms in total. The van der Waals surface area contributed by atoms with Crippen molar-refractivity contribution in [1.29, 1.82) is 0 Å². The van der Waals surface area contributed by atoms with E-state index in [4.69, 9.17) is 16.3 Å². The number of carbonyl (C=O) groups is 2. The second-order valence-electron chi connectivity index (χ2n) is 5.14. The van der Waals surface area contributed by atoms with Crippen LogP contribution in [-0.2, 0) is 27.2 Å². The molecule has 23 heavy (non-hydrogen) atoms. The van der Waals surface area contributed by atoms with Crippen molar-refractivity contribution in [3.05, 3.63) is 70.7 Å². The molecule has 120 valence electrons. The first-order chi connectivity index (χ1) is 11.1. The smallest absolute Gasteiger partial charge is 0.328 e. The van der Waals surface area contributed by atoms with E-state index >= 15 is 0 Å². The van der Waals surface area contributed by atoms with Crippen LogP contribution in [0.25, 0.3) is 0 Å². The summed E-state index contributed by atoms with van der Waals surface area (Å²) in [7, 11) is 1.31. The van der Waals surface area contributed by atoms with E-state index in [0.717, 1.165) is 11.1 Å². The monoisotopic (exact) mass is 331 g/mol. The van der Waals surface area contributed by atoms with Gasteiger partial charge in [-0.1, -0.05) is 54.1 Å². The van der Waals surface area contributed by atoms with Crippen molar-refractivity contribution >= 4 is 23.5 Å². The second kappa shape index (κ2) is 8.34. The van der Waals surface area contributed by atoms with Crippen molar-refractivity contribution in [3.8, 4) is 0 Å². The van der Waals surface area contributed by atoms with E-state index in [1.165, 1.54) is 7.11 Å². The average molecular weight is 332 g/mol. The Morgan fingerprint density at radius 1 is 1.04 bits per heavy atom. The molecular formula is C18H18ClNO3. The van der Waals surface area contributed by atoms with E-state index < -0.39 is 12.0 Å². The molecule has 0 saturated carbocycles. The summed E-state index contributed by atoms with van der Waals surface area (Å²) in [6.07, 6.45) is 0.569. The zero-order valence-corrected chi connectivity index (χ0v) is 13.5. The van der Waals surface area contributed by atoms with Gasteiger partial charge in [0.25, 0.3) is 0 Å². The molecule has 0 aromatic heterocycles. The summed E-state index contributed by atoms with van der Waals surface area (Å²) in [6, 6.07) is 15.8. The highest BCUT2D eigenvalue weighted by Crippen LogP contribution is 2.10. The molecule has 0 aliphatic rings. The molecule has 0 spiro atoms. The van der Waals surface area contributed by atoms with Gasteiger partial charge in [-0.2, -0.15) is 0 Å². The van der Waals surface area contributed by atoms with E-state index in [-0.39, 0.29) is 12.3 Å². The molecule has 2 aromatic rings. The SMILES string of the molecule is COC(=O)[C@H](Cc1ccccc1)NC(=O)Cc1ccc(Cl)cc1. The maximum atomic E-state index is 12.2. The van der Waals surface area contributed by atoms with Gasteiger partial charge in [0.2, 0.25) is 5.91 Å². The quantitative estimate of drug-likeness (QED) is 0.828. The topological polar surface area (TPSA) is 55.4 Å². The van der Waals surface area contributed by atoms with Gasteiger partial charge in [-0.25, -0.2) is 4.79 Å². The molecule has 0 fully saturated rings. The Labute approximate surface area is 140 Å². The highest BCUT2D eigenvalue weighted by atomic mass is 35.5. The number of nitrogens with one attached hydrogen (secondary N) is 1. The van der Waals surface area contributed by atoms with E-state index in [1.807, 2.05) is 30.3 Å². The molecule has 2 rings (SSSR count). The Morgan fingerprint density at radius 2 is 1.70 bits per heavy atom. The van der Waals surface area contributed by atoms with Crippen LogP contribution < -0.4 is 5.32 Å². The number of methoxy groups -OCH3 is 1. The Hall–Kier alpha value is -2.33. The fourth-order valence-electron chi connectivity index (χ4n) is 2.22. The predicted octanol–water partition coefficient (Wildman–Crippen LogP) is 2.78. The van der Waals surface area contributed by atoms with Gasteiger partial charge in [0.1, 0.15) is 6.04 Å². The zero-order chi connectivity index (χ0) is 16.7. The molecule has 0 heterocycles. The number of amides is 1. The lowest BCUT2D eigenvalue weighted by Gasteiger charge is -2.16. The van der Waals surface area contributed by atoms with Crippen LogP contribution in [0.1, 0.15) is 11.1 Å². The number of benzene rings is 2. The van der Waals surface area contributed by atoms with Crippen molar-refractivity contribution in [2.45, 2.75) is 18.9 Å². The van der Waals surface area contributed by atoms with Crippen molar-refractivity contribution < 1.29 is 14.3 Å². The minimum atomic E-state index is -0.706. The van der Waals surface area contributed by atoms with Gasteiger partial charge in [0.15, 0.2) is 0 Å². The number of esters is 1. The van der Waals surface area contributed by atoms with Crippen LogP contribution in [-0.4, -0.2) is 25.0 Å². The van der Waals surface area contributed by atoms with Gasteiger partial charge in [-0.3, -0.25) is 4.79 Å². The normalized spacial score (nSPS) is 11.6. The van der Waals surface area contributed by atoms with E-state index in [1.54, 1.807) is 24.3 Å². The number of hydrogen-bond donors (Lipinski definition) is 1. The summed E-state index contributed by atoms with van der Waals surface area (Å²) in [5.74, 6) is -0.697. The van der Waals surface area contributed by atoms with Crippen LogP contribution in [0.15, 0.2) is 54.6 Å². The average Bonchev–Trinajstić information content (AvgIpc) is 2.56. The summed E-state index contributed by atoms with van der Waals surface area (Å²) >= 11 is 5.82. The van der Waals surface area contributed by atoms with Crippen molar-refractivity contribution in [2.24, 2.45) is 0 Å². The first-order valence-corrected chi connectivity index (χ1v) is 7.62. The molecule has 0 aliphatic carbocycles. The van der Waals surface area contributed by atoms with Gasteiger partial charge < -0.3 is 10.1 Å². The van der Waals surface area contributed by atoms with Gasteiger partial charge >= 0.3 is 5.97 Å². The summed E-state index contributed by atoms with van der Waals surface area (Å²) in [5.41, 5.74) is 1.78. The largest absolute Gasteiger partial charge is 0.467 e. The van der Waals surface area contributed by atoms with Gasteiger partial charge in [0.05, 0.1) is 13.5 Å². The van der Waals surface area contributed by atoms with E-state index in [9.17, 15) is 9.59 Å². The lowest BCUT2D eigenvalue weighted by Crippen LogP contribution is -2.43. The number of hydrogen-bond acceptors (Lipinski definition) is 3. The molecular weight excluding hydrogens is 314 g/mol. The molecule has 1 atom stereocenters. The first kappa shape index (κ1) is 17.0. The van der Waals surface area contributed by atoms with Crippen molar-refractivity contribution in [1.82, 2.24) is 5.32 Å². The van der Waals surface area contributed by atoms with E-state index in [2.05, 4.69) is 5.32 Å². The van der Waals surface area contributed by atoms with Crippen LogP contribution in [0.4, 0.5) is 0 Å². The van der Waals surface area contributed by atoms with Crippen LogP contribution in [0, 0.1) is 0 Å². The Kier molecular flexibility index (Phi) is 6.18. The van der Waals surface area contributed by atoms with E-state index in [0.29, 0.717) is 11.4 Å². The van der Waals surface area contributed by atoms with Crippen LogP contribution in [0.5, 0.6) is 0 Å². The second-order valence-corrected chi connectivity index (χ2v) is 5.57. The summed E-state index contributed by atoms with van der Waals surface area (Å²) in [4.78, 5) is 24.1. The molecule has 2 aromatic carbocycles. The van der Waals surface area contributed by atoms with Crippen LogP contribution in [0.3, 0.4) is 0 Å². The number of rotatable bonds is 6. The third kappa shape index (κ3) is 5.42. The number of ether oxygens (including phenoxy) is 1. The maximum absolute atomic E-state index is 12.2. The maximum Gasteiger partial charge on any atom is 0.328 e. The van der Waals surface area contributed by atoms with Gasteiger partial charge in [-0.15, -0.1) is 0 Å². The molecule has 5 heteroatoms. The summed E-state index contributed by atoms with van der Waals surface area (Å²) < 4.78 is 4.78. The fourth-order valence-corrected chi connectivity index (χ4v) is 2.34. The highest BCUT2D eigenvalue weighted by Gasteiger charge is 2.21. The minimum Gasteiger partial charge on any atom is -0.467 e. The molecule has 0 saturated heterocycles. The number of halogens is 1. The predicted molar refractivity (Wildman–Crippen MR) is 89.2 cm³/mol. The molecule has 0 aliphatic heterocycles. The van der Waals surface area contributed by atoms with Crippen LogP contribution >= 0.6 is 11.6 Å². The Morgan fingerprint density at radius 3 is 2.30 bits per heavy atom. The lowest BCUT2D eigenvalue weighted by atomic mass is 10.1. The highest BCUT2D eigenvalue weighted by molar-refractivity contribution is 6.30. The van der Waals surface area contributed by atoms with Gasteiger partial charge in [0, 0.05) is 11.4 Å². The lowest BCUT2D eigenvalue weighted by molar-refractivity contribution is -0.145. The Balaban J connectivity index is 2.00. The third-order valence-corrected chi connectivity index (χ3v) is 3.63. The fraction of sp³-hybridized carbons (Fsp3) is 0.222. The third-order valence-electron chi connectivity index (χ3n) is 3.38.